The number of nitrogens with zero attached hydrogens (tertiary/aromatic N) is 2. The number of fused-ring (bicyclic) bond motifs is 1. The number of rotatable bonds is 5. The first-order valence-electron chi connectivity index (χ1n) is 12.0. The van der Waals surface area contributed by atoms with Crippen molar-refractivity contribution < 1.29 is 23.8 Å². The minimum absolute atomic E-state index is 0.00119. The maximum absolute atomic E-state index is 13.9. The molecule has 2 aliphatic heterocycles. The Hall–Kier alpha value is -2.35. The van der Waals surface area contributed by atoms with Crippen LogP contribution < -0.4 is 9.64 Å². The van der Waals surface area contributed by atoms with Crippen LogP contribution in [-0.2, 0) is 4.79 Å². The number of carbonyl (C=O) groups excluding carboxylic acids is 2. The van der Waals surface area contributed by atoms with E-state index >= 15 is 0 Å². The average Bonchev–Trinajstić information content (AvgIpc) is 3.23. The van der Waals surface area contributed by atoms with E-state index in [-0.39, 0.29) is 35.2 Å². The highest BCUT2D eigenvalue weighted by Gasteiger charge is 2.38. The van der Waals surface area contributed by atoms with E-state index < -0.39 is 18.0 Å². The smallest absolute Gasteiger partial charge is 0.324 e. The lowest BCUT2D eigenvalue weighted by Crippen LogP contribution is -2.42. The molecular formula is C26H27Cl2FN2O4. The molecule has 1 aliphatic carbocycles. The van der Waals surface area contributed by atoms with E-state index in [1.807, 2.05) is 4.90 Å². The second kappa shape index (κ2) is 9.96. The van der Waals surface area contributed by atoms with Gasteiger partial charge in [0.1, 0.15) is 11.6 Å². The zero-order chi connectivity index (χ0) is 24.7. The van der Waals surface area contributed by atoms with E-state index in [1.165, 1.54) is 12.1 Å². The van der Waals surface area contributed by atoms with Crippen LogP contribution in [0.2, 0.25) is 10.0 Å². The number of ketones is 1. The van der Waals surface area contributed by atoms with Crippen LogP contribution in [0.3, 0.4) is 0 Å². The fourth-order valence-electron chi connectivity index (χ4n) is 5.48. The number of hydrogen-bond donors (Lipinski definition) is 1. The van der Waals surface area contributed by atoms with E-state index in [0.29, 0.717) is 41.5 Å². The van der Waals surface area contributed by atoms with E-state index in [0.717, 1.165) is 25.7 Å². The minimum atomic E-state index is -0.777. The van der Waals surface area contributed by atoms with Crippen molar-refractivity contribution in [3.63, 3.8) is 0 Å². The molecule has 0 bridgehead atoms. The Kier molecular flexibility index (Phi) is 6.93. The summed E-state index contributed by atoms with van der Waals surface area (Å²) in [4.78, 5) is 29.4. The summed E-state index contributed by atoms with van der Waals surface area (Å²) in [6.07, 6.45) is 2.52. The van der Waals surface area contributed by atoms with Gasteiger partial charge >= 0.3 is 6.03 Å². The number of amides is 2. The number of ether oxygens (including phenoxy) is 1. The zero-order valence-corrected chi connectivity index (χ0v) is 20.6. The maximum Gasteiger partial charge on any atom is 0.324 e. The molecule has 0 spiro atoms. The Morgan fingerprint density at radius 1 is 1.09 bits per heavy atom. The van der Waals surface area contributed by atoms with Crippen molar-refractivity contribution in [1.82, 2.24) is 4.90 Å². The third kappa shape index (κ3) is 4.99. The molecule has 2 aromatic rings. The SMILES string of the molecule is O=C(CC1CCC(N2CCN(c3ccc(Cl)c(F)c3)C2=O)CC1)[C@H]1C[C@@H](O)c2cc(Cl)ccc2O1. The Balaban J connectivity index is 1.14. The predicted octanol–water partition coefficient (Wildman–Crippen LogP) is 5.78. The molecule has 186 valence electrons. The number of carbonyl (C=O) groups is 2. The fraction of sp³-hybridized carbons (Fsp3) is 0.462. The summed E-state index contributed by atoms with van der Waals surface area (Å²) in [5.74, 6) is 0.196. The molecule has 2 heterocycles. The van der Waals surface area contributed by atoms with Crippen LogP contribution in [0.5, 0.6) is 5.75 Å². The highest BCUT2D eigenvalue weighted by atomic mass is 35.5. The molecule has 0 aromatic heterocycles. The summed E-state index contributed by atoms with van der Waals surface area (Å²) in [6.45, 7) is 1.10. The second-order valence-corrected chi connectivity index (χ2v) is 10.5. The first-order chi connectivity index (χ1) is 16.8. The van der Waals surface area contributed by atoms with Crippen molar-refractivity contribution in [1.29, 1.82) is 0 Å². The molecule has 1 saturated carbocycles. The molecule has 1 saturated heterocycles. The van der Waals surface area contributed by atoms with Crippen molar-refractivity contribution in [3.8, 4) is 5.75 Å². The van der Waals surface area contributed by atoms with Gasteiger partial charge in [-0.15, -0.1) is 0 Å². The number of Topliss-reactive ketones (excluding diaryl/α,β-unsaturated/α-hetero) is 1. The highest BCUT2D eigenvalue weighted by Crippen LogP contribution is 2.38. The van der Waals surface area contributed by atoms with E-state index in [2.05, 4.69) is 0 Å². The van der Waals surface area contributed by atoms with Gasteiger partial charge in [0.25, 0.3) is 0 Å². The number of urea groups is 1. The molecule has 6 nitrogen and oxygen atoms in total. The summed E-state index contributed by atoms with van der Waals surface area (Å²) < 4.78 is 19.7. The van der Waals surface area contributed by atoms with Gasteiger partial charge in [0.2, 0.25) is 0 Å². The normalized spacial score (nSPS) is 26.5. The van der Waals surface area contributed by atoms with Crippen LogP contribution in [0, 0.1) is 11.7 Å². The van der Waals surface area contributed by atoms with Crippen LogP contribution in [0.4, 0.5) is 14.9 Å². The predicted molar refractivity (Wildman–Crippen MR) is 132 cm³/mol. The van der Waals surface area contributed by atoms with Gasteiger partial charge in [0, 0.05) is 48.2 Å². The van der Waals surface area contributed by atoms with Gasteiger partial charge in [-0.05, 0) is 68.0 Å². The number of hydrogen-bond acceptors (Lipinski definition) is 4. The molecule has 35 heavy (non-hydrogen) atoms. The molecule has 2 atom stereocenters. The van der Waals surface area contributed by atoms with Gasteiger partial charge in [0.05, 0.1) is 11.1 Å². The van der Waals surface area contributed by atoms with Gasteiger partial charge in [0.15, 0.2) is 11.9 Å². The second-order valence-electron chi connectivity index (χ2n) is 9.61. The number of aliphatic hydroxyl groups excluding tert-OH is 1. The topological polar surface area (TPSA) is 70.1 Å². The summed E-state index contributed by atoms with van der Waals surface area (Å²) in [5.41, 5.74) is 1.13. The Morgan fingerprint density at radius 3 is 2.60 bits per heavy atom. The number of aliphatic hydroxyl groups is 1. The maximum atomic E-state index is 13.9. The third-order valence-electron chi connectivity index (χ3n) is 7.40. The van der Waals surface area contributed by atoms with Crippen LogP contribution in [-0.4, -0.2) is 47.1 Å². The molecule has 0 unspecified atom stereocenters. The number of benzene rings is 2. The van der Waals surface area contributed by atoms with Crippen molar-refractivity contribution in [2.45, 2.75) is 56.8 Å². The molecule has 3 aliphatic rings. The van der Waals surface area contributed by atoms with E-state index in [4.69, 9.17) is 27.9 Å². The molecule has 2 fully saturated rings. The standard InChI is InChI=1S/C26H27Cl2FN2O4/c27-16-3-8-24-19(12-16)22(32)14-25(35-24)23(33)11-15-1-4-17(5-2-15)30-9-10-31(26(30)34)18-6-7-20(28)21(29)13-18/h3,6-8,12-13,15,17,22,25,32H,1-2,4-5,9-11,14H2/t15?,17?,22-,25-/m1/s1. The summed E-state index contributed by atoms with van der Waals surface area (Å²) in [6, 6.07) is 9.47. The van der Waals surface area contributed by atoms with E-state index in [1.54, 1.807) is 29.2 Å². The van der Waals surface area contributed by atoms with Crippen molar-refractivity contribution in [2.24, 2.45) is 5.92 Å². The Labute approximate surface area is 213 Å². The summed E-state index contributed by atoms with van der Waals surface area (Å²) in [7, 11) is 0. The van der Waals surface area contributed by atoms with Crippen molar-refractivity contribution in [3.05, 3.63) is 57.8 Å². The summed E-state index contributed by atoms with van der Waals surface area (Å²) in [5, 5.41) is 11.0. The Bertz CT molecular complexity index is 1140. The highest BCUT2D eigenvalue weighted by molar-refractivity contribution is 6.31. The molecule has 9 heteroatoms. The largest absolute Gasteiger partial charge is 0.482 e. The van der Waals surface area contributed by atoms with Gasteiger partial charge in [-0.2, -0.15) is 0 Å². The molecule has 0 radical (unpaired) electrons. The fourth-order valence-corrected chi connectivity index (χ4v) is 5.78. The monoisotopic (exact) mass is 520 g/mol. The van der Waals surface area contributed by atoms with Crippen molar-refractivity contribution >= 4 is 40.7 Å². The van der Waals surface area contributed by atoms with Gasteiger partial charge in [-0.1, -0.05) is 23.2 Å². The minimum Gasteiger partial charge on any atom is -0.482 e. The first kappa shape index (κ1) is 24.3. The molecule has 2 aromatic carbocycles. The van der Waals surface area contributed by atoms with Gasteiger partial charge in [-0.25, -0.2) is 9.18 Å². The van der Waals surface area contributed by atoms with Crippen LogP contribution >= 0.6 is 23.2 Å². The molecular weight excluding hydrogens is 494 g/mol. The van der Waals surface area contributed by atoms with Gasteiger partial charge < -0.3 is 14.7 Å². The first-order valence-corrected chi connectivity index (χ1v) is 12.8. The molecule has 1 N–H and O–H groups in total. The number of halogens is 3. The van der Waals surface area contributed by atoms with Crippen LogP contribution in [0.1, 0.15) is 50.2 Å². The number of anilines is 1. The lowest BCUT2D eigenvalue weighted by Gasteiger charge is -2.35. The molecule has 2 amide bonds. The zero-order valence-electron chi connectivity index (χ0n) is 19.1. The third-order valence-corrected chi connectivity index (χ3v) is 7.94. The lowest BCUT2D eigenvalue weighted by molar-refractivity contribution is -0.129. The van der Waals surface area contributed by atoms with Gasteiger partial charge in [-0.3, -0.25) is 9.69 Å². The summed E-state index contributed by atoms with van der Waals surface area (Å²) >= 11 is 11.8. The van der Waals surface area contributed by atoms with Crippen LogP contribution in [0.25, 0.3) is 0 Å². The molecule has 5 rings (SSSR count). The Morgan fingerprint density at radius 2 is 1.86 bits per heavy atom. The quantitative estimate of drug-likeness (QED) is 0.542. The lowest BCUT2D eigenvalue weighted by atomic mass is 9.81. The van der Waals surface area contributed by atoms with Crippen molar-refractivity contribution in [2.75, 3.05) is 18.0 Å². The average molecular weight is 521 g/mol. The van der Waals surface area contributed by atoms with E-state index in [9.17, 15) is 19.1 Å². The van der Waals surface area contributed by atoms with Crippen LogP contribution in [0.15, 0.2) is 36.4 Å².